The van der Waals surface area contributed by atoms with Crippen LogP contribution in [0.1, 0.15) is 53.2 Å². The second-order valence-corrected chi connectivity index (χ2v) is 5.59. The molecule has 1 aliphatic carbocycles. The summed E-state index contributed by atoms with van der Waals surface area (Å²) in [6.45, 7) is 1.70. The maximum Gasteiger partial charge on any atom is 0.337 e. The highest BCUT2D eigenvalue weighted by molar-refractivity contribution is 5.94. The SMILES string of the molecule is COC(=O)c1cc(C2CCCC2)c2nc(C)c(=O)[nH]c2c1. The maximum atomic E-state index is 11.8. The Morgan fingerprint density at radius 2 is 2.05 bits per heavy atom. The van der Waals surface area contributed by atoms with Crippen molar-refractivity contribution in [2.75, 3.05) is 7.11 Å². The molecule has 1 aliphatic rings. The van der Waals surface area contributed by atoms with E-state index in [9.17, 15) is 9.59 Å². The molecule has 21 heavy (non-hydrogen) atoms. The third kappa shape index (κ3) is 2.44. The van der Waals surface area contributed by atoms with Crippen molar-refractivity contribution in [2.45, 2.75) is 38.5 Å². The Balaban J connectivity index is 2.27. The summed E-state index contributed by atoms with van der Waals surface area (Å²) >= 11 is 0. The minimum absolute atomic E-state index is 0.220. The molecule has 1 fully saturated rings. The number of H-pyrrole nitrogens is 1. The molecule has 5 nitrogen and oxygen atoms in total. The largest absolute Gasteiger partial charge is 0.465 e. The van der Waals surface area contributed by atoms with Gasteiger partial charge >= 0.3 is 5.97 Å². The molecule has 0 spiro atoms. The number of hydrogen-bond acceptors (Lipinski definition) is 4. The monoisotopic (exact) mass is 286 g/mol. The zero-order chi connectivity index (χ0) is 15.0. The van der Waals surface area contributed by atoms with Gasteiger partial charge in [0, 0.05) is 0 Å². The molecule has 1 heterocycles. The molecule has 1 aromatic carbocycles. The van der Waals surface area contributed by atoms with Gasteiger partial charge in [0.15, 0.2) is 0 Å². The van der Waals surface area contributed by atoms with E-state index < -0.39 is 5.97 Å². The predicted octanol–water partition coefficient (Wildman–Crippen LogP) is 2.68. The molecular formula is C16H18N2O3. The number of rotatable bonds is 2. The number of hydrogen-bond donors (Lipinski definition) is 1. The quantitative estimate of drug-likeness (QED) is 0.861. The zero-order valence-electron chi connectivity index (χ0n) is 12.2. The number of fused-ring (bicyclic) bond motifs is 1. The number of nitrogens with zero attached hydrogens (tertiary/aromatic N) is 1. The lowest BCUT2D eigenvalue weighted by atomic mass is 9.94. The van der Waals surface area contributed by atoms with Crippen molar-refractivity contribution >= 4 is 17.0 Å². The fraction of sp³-hybridized carbons (Fsp3) is 0.438. The molecule has 2 aromatic rings. The molecule has 1 saturated carbocycles. The molecule has 0 saturated heterocycles. The number of carbonyl (C=O) groups excluding carboxylic acids is 1. The lowest BCUT2D eigenvalue weighted by Gasteiger charge is -2.14. The van der Waals surface area contributed by atoms with Gasteiger partial charge in [-0.1, -0.05) is 12.8 Å². The van der Waals surface area contributed by atoms with Crippen molar-refractivity contribution in [3.63, 3.8) is 0 Å². The van der Waals surface area contributed by atoms with Crippen molar-refractivity contribution < 1.29 is 9.53 Å². The molecule has 110 valence electrons. The van der Waals surface area contributed by atoms with Gasteiger partial charge in [0.2, 0.25) is 0 Å². The smallest absolute Gasteiger partial charge is 0.337 e. The van der Waals surface area contributed by atoms with E-state index in [2.05, 4.69) is 9.97 Å². The Kier molecular flexibility index (Phi) is 3.49. The van der Waals surface area contributed by atoms with Gasteiger partial charge in [-0.3, -0.25) is 4.79 Å². The van der Waals surface area contributed by atoms with Crippen LogP contribution in [0.15, 0.2) is 16.9 Å². The summed E-state index contributed by atoms with van der Waals surface area (Å²) < 4.78 is 4.81. The molecule has 1 N–H and O–H groups in total. The molecular weight excluding hydrogens is 268 g/mol. The van der Waals surface area contributed by atoms with Gasteiger partial charge in [0.25, 0.3) is 5.56 Å². The Labute approximate surface area is 122 Å². The Hall–Kier alpha value is -2.17. The van der Waals surface area contributed by atoms with E-state index in [-0.39, 0.29) is 5.56 Å². The lowest BCUT2D eigenvalue weighted by molar-refractivity contribution is 0.0600. The number of benzene rings is 1. The van der Waals surface area contributed by atoms with Crippen molar-refractivity contribution in [1.29, 1.82) is 0 Å². The number of methoxy groups -OCH3 is 1. The van der Waals surface area contributed by atoms with Gasteiger partial charge in [-0.05, 0) is 43.4 Å². The number of aromatic amines is 1. The Morgan fingerprint density at radius 3 is 2.71 bits per heavy atom. The maximum absolute atomic E-state index is 11.8. The summed E-state index contributed by atoms with van der Waals surface area (Å²) in [7, 11) is 1.36. The first-order valence-corrected chi connectivity index (χ1v) is 7.23. The summed E-state index contributed by atoms with van der Waals surface area (Å²) in [5.74, 6) is 0.00693. The number of nitrogens with one attached hydrogen (secondary N) is 1. The van der Waals surface area contributed by atoms with Crippen LogP contribution >= 0.6 is 0 Å². The number of esters is 1. The molecule has 0 radical (unpaired) electrons. The van der Waals surface area contributed by atoms with Crippen LogP contribution in [0, 0.1) is 6.92 Å². The van der Waals surface area contributed by atoms with Crippen LogP contribution in [0.4, 0.5) is 0 Å². The number of carbonyl (C=O) groups is 1. The van der Waals surface area contributed by atoms with E-state index in [0.29, 0.717) is 22.7 Å². The fourth-order valence-corrected chi connectivity index (χ4v) is 3.09. The van der Waals surface area contributed by atoms with Gasteiger partial charge in [0.05, 0.1) is 23.7 Å². The topological polar surface area (TPSA) is 72.0 Å². The van der Waals surface area contributed by atoms with E-state index in [1.165, 1.54) is 20.0 Å². The normalized spacial score (nSPS) is 15.5. The van der Waals surface area contributed by atoms with Gasteiger partial charge in [-0.2, -0.15) is 0 Å². The first kappa shape index (κ1) is 13.8. The average Bonchev–Trinajstić information content (AvgIpc) is 3.00. The highest BCUT2D eigenvalue weighted by Crippen LogP contribution is 2.37. The molecule has 1 aromatic heterocycles. The van der Waals surface area contributed by atoms with E-state index in [4.69, 9.17) is 4.74 Å². The van der Waals surface area contributed by atoms with E-state index in [1.54, 1.807) is 13.0 Å². The lowest BCUT2D eigenvalue weighted by Crippen LogP contribution is -2.14. The number of aromatic nitrogens is 2. The first-order chi connectivity index (χ1) is 10.1. The second-order valence-electron chi connectivity index (χ2n) is 5.59. The van der Waals surface area contributed by atoms with Gasteiger partial charge in [0.1, 0.15) is 5.69 Å². The van der Waals surface area contributed by atoms with Gasteiger partial charge < -0.3 is 9.72 Å². The first-order valence-electron chi connectivity index (χ1n) is 7.23. The van der Waals surface area contributed by atoms with Crippen LogP contribution in [0.2, 0.25) is 0 Å². The molecule has 0 aliphatic heterocycles. The standard InChI is InChI=1S/C16H18N2O3/c1-9-15(19)18-13-8-11(16(20)21-2)7-12(14(13)17-9)10-5-3-4-6-10/h7-8,10H,3-6H2,1-2H3,(H,18,19). The van der Waals surface area contributed by atoms with E-state index in [1.807, 2.05) is 6.07 Å². The summed E-state index contributed by atoms with van der Waals surface area (Å²) in [6.07, 6.45) is 4.58. The minimum Gasteiger partial charge on any atom is -0.465 e. The van der Waals surface area contributed by atoms with Gasteiger partial charge in [-0.25, -0.2) is 9.78 Å². The molecule has 0 amide bonds. The van der Waals surface area contributed by atoms with Crippen LogP contribution in [-0.2, 0) is 4.74 Å². The summed E-state index contributed by atoms with van der Waals surface area (Å²) in [6, 6.07) is 3.52. The van der Waals surface area contributed by atoms with E-state index >= 15 is 0 Å². The Bertz CT molecular complexity index is 758. The van der Waals surface area contributed by atoms with Gasteiger partial charge in [-0.15, -0.1) is 0 Å². The van der Waals surface area contributed by atoms with Crippen molar-refractivity contribution in [3.8, 4) is 0 Å². The van der Waals surface area contributed by atoms with Crippen molar-refractivity contribution in [1.82, 2.24) is 9.97 Å². The number of aryl methyl sites for hydroxylation is 1. The third-order valence-corrected chi connectivity index (χ3v) is 4.21. The predicted molar refractivity (Wildman–Crippen MR) is 79.6 cm³/mol. The molecule has 0 atom stereocenters. The number of ether oxygens (including phenoxy) is 1. The van der Waals surface area contributed by atoms with Crippen LogP contribution in [0.25, 0.3) is 11.0 Å². The fourth-order valence-electron chi connectivity index (χ4n) is 3.09. The highest BCUT2D eigenvalue weighted by Gasteiger charge is 2.22. The highest BCUT2D eigenvalue weighted by atomic mass is 16.5. The van der Waals surface area contributed by atoms with E-state index in [0.717, 1.165) is 23.9 Å². The van der Waals surface area contributed by atoms with Crippen molar-refractivity contribution in [3.05, 3.63) is 39.3 Å². The zero-order valence-corrected chi connectivity index (χ0v) is 12.2. The molecule has 0 unspecified atom stereocenters. The summed E-state index contributed by atoms with van der Waals surface area (Å²) in [5.41, 5.74) is 3.15. The average molecular weight is 286 g/mol. The molecule has 5 heteroatoms. The third-order valence-electron chi connectivity index (χ3n) is 4.21. The second kappa shape index (κ2) is 5.31. The Morgan fingerprint density at radius 1 is 1.33 bits per heavy atom. The van der Waals surface area contributed by atoms with Crippen LogP contribution in [0.5, 0.6) is 0 Å². The molecule has 3 rings (SSSR count). The van der Waals surface area contributed by atoms with Crippen molar-refractivity contribution in [2.24, 2.45) is 0 Å². The summed E-state index contributed by atoms with van der Waals surface area (Å²) in [4.78, 5) is 30.9. The minimum atomic E-state index is -0.391. The van der Waals surface area contributed by atoms with Crippen LogP contribution in [-0.4, -0.2) is 23.0 Å². The van der Waals surface area contributed by atoms with Crippen LogP contribution < -0.4 is 5.56 Å². The summed E-state index contributed by atoms with van der Waals surface area (Å²) in [5, 5.41) is 0. The van der Waals surface area contributed by atoms with Crippen LogP contribution in [0.3, 0.4) is 0 Å². The molecule has 0 bridgehead atoms.